The highest BCUT2D eigenvalue weighted by Crippen LogP contribution is 2.16. The summed E-state index contributed by atoms with van der Waals surface area (Å²) in [5.41, 5.74) is 0.588. The molecule has 1 aromatic carbocycles. The van der Waals surface area contributed by atoms with Gasteiger partial charge in [0, 0.05) is 18.5 Å². The summed E-state index contributed by atoms with van der Waals surface area (Å²) >= 11 is 0. The molecule has 0 spiro atoms. The van der Waals surface area contributed by atoms with Crippen molar-refractivity contribution in [2.24, 2.45) is 0 Å². The average molecular weight is 302 g/mol. The Hall–Kier alpha value is -2.10. The van der Waals surface area contributed by atoms with E-state index in [1.54, 1.807) is 6.08 Å². The van der Waals surface area contributed by atoms with Gasteiger partial charge in [-0.25, -0.2) is 0 Å². The average Bonchev–Trinajstić information content (AvgIpc) is 2.44. The molecule has 0 fully saturated rings. The third-order valence-corrected chi connectivity index (χ3v) is 3.10. The van der Waals surface area contributed by atoms with Crippen LogP contribution in [0.15, 0.2) is 43.0 Å². The van der Waals surface area contributed by atoms with Crippen LogP contribution in [-0.2, 0) is 9.59 Å². The maximum atomic E-state index is 12.5. The number of hydrogen-bond acceptors (Lipinski definition) is 2. The molecule has 22 heavy (non-hydrogen) atoms. The summed E-state index contributed by atoms with van der Waals surface area (Å²) in [5.74, 6) is -0.541. The van der Waals surface area contributed by atoms with Crippen LogP contribution in [0.2, 0.25) is 0 Å². The molecule has 0 heterocycles. The molecule has 1 aromatic rings. The number of carbonyl (C=O) groups is 2. The topological polar surface area (TPSA) is 58.2 Å². The summed E-state index contributed by atoms with van der Waals surface area (Å²) in [7, 11) is 0. The Morgan fingerprint density at radius 1 is 1.23 bits per heavy atom. The maximum absolute atomic E-state index is 12.5. The number of hydrogen-bond donors (Lipinski definition) is 2. The molecule has 0 saturated heterocycles. The van der Waals surface area contributed by atoms with Crippen LogP contribution in [0.1, 0.15) is 45.1 Å². The highest BCUT2D eigenvalue weighted by molar-refractivity contribution is 5.85. The first-order valence-corrected chi connectivity index (χ1v) is 7.58. The first kappa shape index (κ1) is 18.0. The number of carbonyl (C=O) groups excluding carboxylic acids is 2. The zero-order valence-corrected chi connectivity index (χ0v) is 13.7. The summed E-state index contributed by atoms with van der Waals surface area (Å²) in [4.78, 5) is 24.3. The van der Waals surface area contributed by atoms with Crippen LogP contribution in [0.3, 0.4) is 0 Å². The van der Waals surface area contributed by atoms with Crippen LogP contribution in [0.5, 0.6) is 0 Å². The van der Waals surface area contributed by atoms with Gasteiger partial charge >= 0.3 is 0 Å². The molecule has 0 aliphatic heterocycles. The summed E-state index contributed by atoms with van der Waals surface area (Å²) in [6, 6.07) is 9.51. The van der Waals surface area contributed by atoms with E-state index in [9.17, 15) is 9.59 Å². The van der Waals surface area contributed by atoms with Gasteiger partial charge < -0.3 is 10.6 Å². The van der Waals surface area contributed by atoms with Gasteiger partial charge in [0.15, 0.2) is 0 Å². The second-order valence-corrected chi connectivity index (χ2v) is 6.33. The van der Waals surface area contributed by atoms with Gasteiger partial charge in [-0.2, -0.15) is 0 Å². The largest absolute Gasteiger partial charge is 0.355 e. The number of benzene rings is 1. The van der Waals surface area contributed by atoms with E-state index in [-0.39, 0.29) is 17.4 Å². The summed E-state index contributed by atoms with van der Waals surface area (Å²) in [6.07, 6.45) is 2.74. The molecule has 1 unspecified atom stereocenters. The molecule has 120 valence electrons. The van der Waals surface area contributed by atoms with Gasteiger partial charge in [-0.3, -0.25) is 9.59 Å². The lowest BCUT2D eigenvalue weighted by molar-refractivity contribution is -0.124. The third kappa shape index (κ3) is 6.57. The van der Waals surface area contributed by atoms with Crippen molar-refractivity contribution in [2.75, 3.05) is 6.54 Å². The van der Waals surface area contributed by atoms with Crippen LogP contribution < -0.4 is 10.6 Å². The zero-order chi connectivity index (χ0) is 16.6. The van der Waals surface area contributed by atoms with Crippen molar-refractivity contribution in [3.8, 4) is 0 Å². The van der Waals surface area contributed by atoms with E-state index < -0.39 is 5.92 Å². The summed E-state index contributed by atoms with van der Waals surface area (Å²) < 4.78 is 0. The van der Waals surface area contributed by atoms with Crippen molar-refractivity contribution in [3.63, 3.8) is 0 Å². The first-order valence-electron chi connectivity index (χ1n) is 7.58. The van der Waals surface area contributed by atoms with E-state index in [0.29, 0.717) is 19.4 Å². The van der Waals surface area contributed by atoms with Crippen molar-refractivity contribution in [3.05, 3.63) is 48.6 Å². The van der Waals surface area contributed by atoms with Crippen molar-refractivity contribution in [1.82, 2.24) is 10.6 Å². The van der Waals surface area contributed by atoms with Gasteiger partial charge in [-0.05, 0) is 32.8 Å². The van der Waals surface area contributed by atoms with E-state index in [1.807, 2.05) is 51.1 Å². The number of amides is 2. The van der Waals surface area contributed by atoms with Crippen LogP contribution in [0.25, 0.3) is 0 Å². The van der Waals surface area contributed by atoms with Crippen molar-refractivity contribution in [1.29, 1.82) is 0 Å². The third-order valence-electron chi connectivity index (χ3n) is 3.10. The highest BCUT2D eigenvalue weighted by atomic mass is 16.2. The number of allylic oxidation sites excluding steroid dienone is 1. The fourth-order valence-corrected chi connectivity index (χ4v) is 2.04. The fourth-order valence-electron chi connectivity index (χ4n) is 2.04. The molecule has 0 bridgehead atoms. The standard InChI is InChI=1S/C18H26N2O2/c1-5-6-12-16(21)19-13-15(14-10-8-7-9-11-14)17(22)20-18(2,3)4/h5,7-11,15H,1,6,12-13H2,2-4H3,(H,19,21)(H,20,22). The van der Waals surface area contributed by atoms with Gasteiger partial charge in [0.25, 0.3) is 0 Å². The van der Waals surface area contributed by atoms with E-state index >= 15 is 0 Å². The van der Waals surface area contributed by atoms with Gasteiger partial charge in [-0.1, -0.05) is 36.4 Å². The molecule has 0 aromatic heterocycles. The van der Waals surface area contributed by atoms with Gasteiger partial charge in [0.1, 0.15) is 0 Å². The normalized spacial score (nSPS) is 12.3. The molecular formula is C18H26N2O2. The number of nitrogens with one attached hydrogen (secondary N) is 2. The molecule has 0 aliphatic carbocycles. The molecule has 1 rings (SSSR count). The first-order chi connectivity index (χ1) is 10.3. The van der Waals surface area contributed by atoms with Crippen molar-refractivity contribution in [2.45, 2.75) is 45.1 Å². The van der Waals surface area contributed by atoms with Crippen molar-refractivity contribution >= 4 is 11.8 Å². The van der Waals surface area contributed by atoms with E-state index in [4.69, 9.17) is 0 Å². The van der Waals surface area contributed by atoms with Crippen molar-refractivity contribution < 1.29 is 9.59 Å². The second-order valence-electron chi connectivity index (χ2n) is 6.33. The smallest absolute Gasteiger partial charge is 0.229 e. The van der Waals surface area contributed by atoms with Gasteiger partial charge in [-0.15, -0.1) is 6.58 Å². The minimum atomic E-state index is -0.395. The molecule has 4 heteroatoms. The second kappa shape index (κ2) is 8.37. The highest BCUT2D eigenvalue weighted by Gasteiger charge is 2.24. The molecule has 0 radical (unpaired) electrons. The Balaban J connectivity index is 2.77. The molecule has 0 aliphatic rings. The van der Waals surface area contributed by atoms with Crippen LogP contribution in [0, 0.1) is 0 Å². The molecular weight excluding hydrogens is 276 g/mol. The minimum Gasteiger partial charge on any atom is -0.355 e. The maximum Gasteiger partial charge on any atom is 0.229 e. The summed E-state index contributed by atoms with van der Waals surface area (Å²) in [6.45, 7) is 9.71. The Kier molecular flexibility index (Phi) is 6.83. The quantitative estimate of drug-likeness (QED) is 0.761. The van der Waals surface area contributed by atoms with E-state index in [1.165, 1.54) is 0 Å². The zero-order valence-electron chi connectivity index (χ0n) is 13.7. The fraction of sp³-hybridized carbons (Fsp3) is 0.444. The lowest BCUT2D eigenvalue weighted by Crippen LogP contribution is -2.45. The minimum absolute atomic E-state index is 0.0654. The lowest BCUT2D eigenvalue weighted by Gasteiger charge is -2.25. The Morgan fingerprint density at radius 3 is 2.41 bits per heavy atom. The predicted octanol–water partition coefficient (Wildman–Crippen LogP) is 2.77. The van der Waals surface area contributed by atoms with E-state index in [2.05, 4.69) is 17.2 Å². The lowest BCUT2D eigenvalue weighted by atomic mass is 9.96. The van der Waals surface area contributed by atoms with Crippen LogP contribution in [0.4, 0.5) is 0 Å². The predicted molar refractivity (Wildman–Crippen MR) is 89.5 cm³/mol. The Labute approximate surface area is 133 Å². The SMILES string of the molecule is C=CCCC(=O)NCC(C(=O)NC(C)(C)C)c1ccccc1. The van der Waals surface area contributed by atoms with Crippen LogP contribution >= 0.6 is 0 Å². The molecule has 2 N–H and O–H groups in total. The summed E-state index contributed by atoms with van der Waals surface area (Å²) in [5, 5.41) is 5.81. The monoisotopic (exact) mass is 302 g/mol. The molecule has 2 amide bonds. The number of rotatable bonds is 7. The Morgan fingerprint density at radius 2 is 1.86 bits per heavy atom. The molecule has 1 atom stereocenters. The molecule has 4 nitrogen and oxygen atoms in total. The Bertz CT molecular complexity index is 504. The van der Waals surface area contributed by atoms with Gasteiger partial charge in [0.2, 0.25) is 11.8 Å². The van der Waals surface area contributed by atoms with Gasteiger partial charge in [0.05, 0.1) is 5.92 Å². The van der Waals surface area contributed by atoms with Crippen LogP contribution in [-0.4, -0.2) is 23.9 Å². The molecule has 0 saturated carbocycles. The van der Waals surface area contributed by atoms with E-state index in [0.717, 1.165) is 5.56 Å².